The van der Waals surface area contributed by atoms with E-state index in [-0.39, 0.29) is 6.04 Å². The molecule has 0 aliphatic heterocycles. The minimum atomic E-state index is -0.753. The van der Waals surface area contributed by atoms with Crippen LogP contribution in [0.1, 0.15) is 62.3 Å². The van der Waals surface area contributed by atoms with E-state index in [9.17, 15) is 5.11 Å². The quantitative estimate of drug-likeness (QED) is 0.104. The lowest BCUT2D eigenvalue weighted by atomic mass is 9.76. The lowest BCUT2D eigenvalue weighted by Crippen LogP contribution is -2.55. The summed E-state index contributed by atoms with van der Waals surface area (Å²) in [5.74, 6) is 0.539. The lowest BCUT2D eigenvalue weighted by molar-refractivity contribution is 0.0500. The fourth-order valence-corrected chi connectivity index (χ4v) is 5.55. The third-order valence-corrected chi connectivity index (χ3v) is 7.93. The van der Waals surface area contributed by atoms with Crippen LogP contribution >= 0.6 is 0 Å². The summed E-state index contributed by atoms with van der Waals surface area (Å²) in [6.45, 7) is 7.39. The molecule has 0 bridgehead atoms. The number of hydrogen-bond donors (Lipinski definition) is 2. The molecule has 2 N–H and O–H groups in total. The Morgan fingerprint density at radius 1 is 0.767 bits per heavy atom. The average Bonchev–Trinajstić information content (AvgIpc) is 3.04. The summed E-state index contributed by atoms with van der Waals surface area (Å²) in [6.07, 6.45) is 8.78. The highest BCUT2D eigenvalue weighted by atomic mass is 16.5. The van der Waals surface area contributed by atoms with Gasteiger partial charge in [0.2, 0.25) is 0 Å². The molecule has 43 heavy (non-hydrogen) atoms. The number of benzene rings is 4. The van der Waals surface area contributed by atoms with Crippen LogP contribution in [0.2, 0.25) is 0 Å². The van der Waals surface area contributed by atoms with Crippen molar-refractivity contribution in [2.75, 3.05) is 6.61 Å². The number of rotatable bonds is 16. The smallest absolute Gasteiger partial charge is 0.0951 e. The van der Waals surface area contributed by atoms with E-state index in [1.165, 1.54) is 5.57 Å². The van der Waals surface area contributed by atoms with Gasteiger partial charge in [0, 0.05) is 0 Å². The van der Waals surface area contributed by atoms with Crippen LogP contribution in [0, 0.1) is 5.92 Å². The molecule has 0 amide bonds. The van der Waals surface area contributed by atoms with Crippen molar-refractivity contribution in [1.82, 2.24) is 5.32 Å². The molecular formula is C40H47NO2. The monoisotopic (exact) mass is 573 g/mol. The van der Waals surface area contributed by atoms with Crippen LogP contribution in [0.15, 0.2) is 145 Å². The van der Waals surface area contributed by atoms with E-state index in [1.807, 2.05) is 42.5 Å². The topological polar surface area (TPSA) is 41.5 Å². The van der Waals surface area contributed by atoms with Crippen molar-refractivity contribution in [1.29, 1.82) is 0 Å². The Morgan fingerprint density at radius 3 is 1.74 bits per heavy atom. The maximum absolute atomic E-state index is 11.7. The van der Waals surface area contributed by atoms with Crippen LogP contribution in [0.3, 0.4) is 0 Å². The molecule has 0 aliphatic carbocycles. The maximum atomic E-state index is 11.7. The first-order chi connectivity index (χ1) is 21.0. The summed E-state index contributed by atoms with van der Waals surface area (Å²) in [4.78, 5) is 0. The van der Waals surface area contributed by atoms with Crippen molar-refractivity contribution >= 4 is 0 Å². The van der Waals surface area contributed by atoms with Crippen LogP contribution in [0.4, 0.5) is 0 Å². The number of aliphatic hydroxyl groups is 1. The minimum Gasteiger partial charge on any atom is -0.387 e. The van der Waals surface area contributed by atoms with Crippen molar-refractivity contribution in [3.8, 4) is 0 Å². The number of aliphatic hydroxyl groups excluding tert-OH is 1. The van der Waals surface area contributed by atoms with Crippen molar-refractivity contribution in [2.24, 2.45) is 5.92 Å². The first-order valence-electron chi connectivity index (χ1n) is 15.5. The summed E-state index contributed by atoms with van der Waals surface area (Å²) < 4.78 is 6.30. The van der Waals surface area contributed by atoms with Gasteiger partial charge < -0.3 is 9.84 Å². The molecule has 0 saturated heterocycles. The van der Waals surface area contributed by atoms with Gasteiger partial charge in [0.15, 0.2) is 0 Å². The second-order valence-corrected chi connectivity index (χ2v) is 11.7. The van der Waals surface area contributed by atoms with Gasteiger partial charge in [-0.15, -0.1) is 0 Å². The van der Waals surface area contributed by atoms with Gasteiger partial charge in [0.1, 0.15) is 0 Å². The highest BCUT2D eigenvalue weighted by Gasteiger charge is 2.39. The molecule has 0 unspecified atom stereocenters. The van der Waals surface area contributed by atoms with Gasteiger partial charge in [-0.25, -0.2) is 0 Å². The molecule has 3 nitrogen and oxygen atoms in total. The highest BCUT2D eigenvalue weighted by Crippen LogP contribution is 2.37. The predicted octanol–water partition coefficient (Wildman–Crippen LogP) is 8.84. The first-order valence-corrected chi connectivity index (χ1v) is 15.5. The molecule has 0 aromatic heterocycles. The average molecular weight is 574 g/mol. The standard InChI is InChI=1S/C40H47NO2/c1-32(2)18-16-19-33(3)20-17-29-39(42)38(31-43-30-34-21-8-4-9-22-34)41-40(35-23-10-5-11-24-35,36-25-12-6-13-26-36)37-27-14-7-15-28-37/h4-15,17-18,21-29,33,38-39,41-42H,16,19-20,30-31H2,1-3H3/b29-17+/t33-,38+,39+/m1/s1. The van der Waals surface area contributed by atoms with Crippen LogP contribution in [0.5, 0.6) is 0 Å². The Kier molecular flexibility index (Phi) is 12.5. The van der Waals surface area contributed by atoms with Crippen LogP contribution in [-0.4, -0.2) is 23.9 Å². The number of allylic oxidation sites excluding steroid dienone is 3. The Labute approximate surface area is 259 Å². The first kappa shape index (κ1) is 32.2. The van der Waals surface area contributed by atoms with Crippen molar-refractivity contribution in [3.63, 3.8) is 0 Å². The predicted molar refractivity (Wildman–Crippen MR) is 180 cm³/mol. The normalized spacial score (nSPS) is 13.9. The molecule has 3 atom stereocenters. The fourth-order valence-electron chi connectivity index (χ4n) is 5.55. The van der Waals surface area contributed by atoms with Crippen LogP contribution < -0.4 is 5.32 Å². The van der Waals surface area contributed by atoms with E-state index in [0.29, 0.717) is 19.1 Å². The zero-order valence-electron chi connectivity index (χ0n) is 25.9. The molecule has 0 heterocycles. The molecular weight excluding hydrogens is 526 g/mol. The summed E-state index contributed by atoms with van der Waals surface area (Å²) in [5, 5.41) is 15.7. The summed E-state index contributed by atoms with van der Waals surface area (Å²) in [5.41, 5.74) is 5.06. The van der Waals surface area contributed by atoms with E-state index in [4.69, 9.17) is 4.74 Å². The molecule has 0 spiro atoms. The third-order valence-electron chi connectivity index (χ3n) is 7.93. The van der Waals surface area contributed by atoms with Gasteiger partial charge in [-0.3, -0.25) is 5.32 Å². The SMILES string of the molecule is CC(C)=CCC[C@@H](C)C/C=C/[C@H](O)[C@H](COCc1ccccc1)NC(c1ccccc1)(c1ccccc1)c1ccccc1. The second kappa shape index (κ2) is 16.8. The molecule has 224 valence electrons. The van der Waals surface area contributed by atoms with Gasteiger partial charge in [0.25, 0.3) is 0 Å². The zero-order chi connectivity index (χ0) is 30.3. The van der Waals surface area contributed by atoms with Crippen molar-refractivity contribution in [2.45, 2.75) is 64.3 Å². The van der Waals surface area contributed by atoms with Crippen LogP contribution in [-0.2, 0) is 16.9 Å². The van der Waals surface area contributed by atoms with Gasteiger partial charge in [-0.1, -0.05) is 152 Å². The Bertz CT molecular complexity index is 1280. The maximum Gasteiger partial charge on any atom is 0.0951 e. The molecule has 0 radical (unpaired) electrons. The summed E-state index contributed by atoms with van der Waals surface area (Å²) in [7, 11) is 0. The molecule has 0 aliphatic rings. The largest absolute Gasteiger partial charge is 0.387 e. The van der Waals surface area contributed by atoms with E-state index in [0.717, 1.165) is 41.5 Å². The highest BCUT2D eigenvalue weighted by molar-refractivity contribution is 5.49. The van der Waals surface area contributed by atoms with Crippen molar-refractivity contribution < 1.29 is 9.84 Å². The Balaban J connectivity index is 1.67. The van der Waals surface area contributed by atoms with E-state index < -0.39 is 11.6 Å². The van der Waals surface area contributed by atoms with Gasteiger partial charge in [-0.2, -0.15) is 0 Å². The zero-order valence-corrected chi connectivity index (χ0v) is 25.9. The van der Waals surface area contributed by atoms with Gasteiger partial charge >= 0.3 is 0 Å². The fraction of sp³-hybridized carbons (Fsp3) is 0.300. The molecule has 4 aromatic carbocycles. The molecule has 4 aromatic rings. The summed E-state index contributed by atoms with van der Waals surface area (Å²) in [6, 6.07) is 41.3. The van der Waals surface area contributed by atoms with Gasteiger partial charge in [-0.05, 0) is 61.3 Å². The lowest BCUT2D eigenvalue weighted by Gasteiger charge is -2.41. The van der Waals surface area contributed by atoms with E-state index in [1.54, 1.807) is 0 Å². The summed E-state index contributed by atoms with van der Waals surface area (Å²) >= 11 is 0. The number of hydrogen-bond acceptors (Lipinski definition) is 3. The number of nitrogens with one attached hydrogen (secondary N) is 1. The molecule has 0 fully saturated rings. The van der Waals surface area contributed by atoms with Gasteiger partial charge in [0.05, 0.1) is 30.9 Å². The second-order valence-electron chi connectivity index (χ2n) is 11.7. The molecule has 4 rings (SSSR count). The Morgan fingerprint density at radius 2 is 1.26 bits per heavy atom. The van der Waals surface area contributed by atoms with E-state index >= 15 is 0 Å². The molecule has 0 saturated carbocycles. The number of ether oxygens (including phenoxy) is 1. The molecule has 3 heteroatoms. The van der Waals surface area contributed by atoms with Crippen LogP contribution in [0.25, 0.3) is 0 Å². The van der Waals surface area contributed by atoms with E-state index in [2.05, 4.69) is 123 Å². The third kappa shape index (κ3) is 9.36. The minimum absolute atomic E-state index is 0.338. The van der Waals surface area contributed by atoms with Crippen molar-refractivity contribution in [3.05, 3.63) is 167 Å². The Hall–Kier alpha value is -3.76.